The van der Waals surface area contributed by atoms with Crippen molar-refractivity contribution in [3.05, 3.63) is 35.4 Å². The number of rotatable bonds is 13. The van der Waals surface area contributed by atoms with Gasteiger partial charge in [-0.1, -0.05) is 56.4 Å². The molecular formula is C23H37N5O4. The predicted molar refractivity (Wildman–Crippen MR) is 123 cm³/mol. The Morgan fingerprint density at radius 3 is 2.31 bits per heavy atom. The van der Waals surface area contributed by atoms with E-state index in [9.17, 15) is 14.7 Å². The monoisotopic (exact) mass is 447 g/mol. The number of carbonyl (C=O) groups excluding carboxylic acids is 2. The fraction of sp³-hybridized carbons (Fsp3) is 0.609. The summed E-state index contributed by atoms with van der Waals surface area (Å²) in [6, 6.07) is 7.44. The van der Waals surface area contributed by atoms with Crippen molar-refractivity contribution in [1.82, 2.24) is 10.4 Å². The van der Waals surface area contributed by atoms with Crippen molar-refractivity contribution in [3.63, 3.8) is 0 Å². The van der Waals surface area contributed by atoms with E-state index in [1.165, 1.54) is 10.5 Å². The van der Waals surface area contributed by atoms with E-state index >= 15 is 0 Å². The number of β-amino-alcohol motifs (C(OH)–C–C–N with tert-alkyl or cyclic N) is 1. The van der Waals surface area contributed by atoms with Crippen LogP contribution in [0.25, 0.3) is 0 Å². The molecule has 1 saturated heterocycles. The number of hydroxylamine groups is 1. The number of benzene rings is 1. The van der Waals surface area contributed by atoms with Gasteiger partial charge in [0.25, 0.3) is 5.91 Å². The second-order valence-electron chi connectivity index (χ2n) is 8.41. The summed E-state index contributed by atoms with van der Waals surface area (Å²) in [6.45, 7) is 0.658. The number of nitrogens with one attached hydrogen (secondary N) is 1. The number of unbranched alkanes of at least 4 members (excludes halogenated alkanes) is 6. The lowest BCUT2D eigenvalue weighted by Crippen LogP contribution is -2.45. The molecule has 2 rings (SSSR count). The number of amides is 2. The van der Waals surface area contributed by atoms with Gasteiger partial charge in [-0.05, 0) is 30.4 Å². The number of nitrogens with two attached hydrogens (primary N) is 2. The number of aliphatic hydroxyl groups excluding tert-OH is 1. The lowest BCUT2D eigenvalue weighted by atomic mass is 10.00. The van der Waals surface area contributed by atoms with E-state index in [0.29, 0.717) is 13.0 Å². The number of aryl methyl sites for hydroxylation is 1. The molecule has 1 unspecified atom stereocenters. The average molecular weight is 448 g/mol. The lowest BCUT2D eigenvalue weighted by molar-refractivity contribution is -0.142. The number of aliphatic hydroxyl groups is 1. The lowest BCUT2D eigenvalue weighted by Gasteiger charge is -2.22. The Morgan fingerprint density at radius 1 is 1.03 bits per heavy atom. The molecule has 1 aromatic carbocycles. The first-order valence-electron chi connectivity index (χ1n) is 11.5. The summed E-state index contributed by atoms with van der Waals surface area (Å²) in [7, 11) is 0. The maximum absolute atomic E-state index is 12.4. The van der Waals surface area contributed by atoms with Crippen LogP contribution in [0.4, 0.5) is 0 Å². The zero-order chi connectivity index (χ0) is 23.3. The fourth-order valence-electron chi connectivity index (χ4n) is 4.16. The van der Waals surface area contributed by atoms with Crippen LogP contribution < -0.4 is 16.9 Å². The highest BCUT2D eigenvalue weighted by Gasteiger charge is 2.38. The van der Waals surface area contributed by atoms with Crippen molar-refractivity contribution < 1.29 is 19.9 Å². The van der Waals surface area contributed by atoms with Gasteiger partial charge < -0.3 is 21.5 Å². The largest absolute Gasteiger partial charge is 0.391 e. The molecular weight excluding hydrogens is 410 g/mol. The number of hydrogen-bond donors (Lipinski definition) is 5. The van der Waals surface area contributed by atoms with Crippen molar-refractivity contribution >= 4 is 17.8 Å². The molecule has 1 aromatic rings. The first-order valence-corrected chi connectivity index (χ1v) is 11.5. The number of guanidine groups is 1. The predicted octanol–water partition coefficient (Wildman–Crippen LogP) is 1.59. The van der Waals surface area contributed by atoms with Gasteiger partial charge in [0.05, 0.1) is 12.6 Å². The van der Waals surface area contributed by atoms with Gasteiger partial charge in [-0.3, -0.25) is 14.8 Å². The van der Waals surface area contributed by atoms with Crippen LogP contribution in [0.5, 0.6) is 0 Å². The molecule has 0 spiro atoms. The molecule has 1 aliphatic rings. The standard InChI is InChI=1S/C23H37N5O4/c24-23(25)26-15-18-12-9-8-11-17(18)10-6-4-2-1-3-5-7-13-21(30)28-16-19(29)14-20(28)22(31)27-32/h8-9,11-12,19-20,29,32H,1-7,10,13-16H2,(H,27,31)(H4,24,25,26)/t19?,20-/m1/s1. The van der Waals surface area contributed by atoms with Gasteiger partial charge in [0.1, 0.15) is 6.04 Å². The Bertz CT molecular complexity index is 767. The summed E-state index contributed by atoms with van der Waals surface area (Å²) < 4.78 is 0. The molecule has 2 amide bonds. The molecule has 0 aliphatic carbocycles. The van der Waals surface area contributed by atoms with Crippen molar-refractivity contribution in [3.8, 4) is 0 Å². The van der Waals surface area contributed by atoms with Crippen LogP contribution in [0.1, 0.15) is 68.9 Å². The van der Waals surface area contributed by atoms with Crippen molar-refractivity contribution in [2.24, 2.45) is 16.5 Å². The molecule has 178 valence electrons. The van der Waals surface area contributed by atoms with E-state index in [4.69, 9.17) is 16.7 Å². The number of likely N-dealkylation sites (tertiary alicyclic amines) is 1. The molecule has 0 radical (unpaired) electrons. The number of carbonyl (C=O) groups is 2. The van der Waals surface area contributed by atoms with Crippen molar-refractivity contribution in [2.75, 3.05) is 6.54 Å². The van der Waals surface area contributed by atoms with Gasteiger partial charge in [0, 0.05) is 19.4 Å². The summed E-state index contributed by atoms with van der Waals surface area (Å²) >= 11 is 0. The van der Waals surface area contributed by atoms with E-state index in [2.05, 4.69) is 17.1 Å². The van der Waals surface area contributed by atoms with Crippen LogP contribution in [0.15, 0.2) is 29.3 Å². The van der Waals surface area contributed by atoms with E-state index in [-0.39, 0.29) is 24.8 Å². The van der Waals surface area contributed by atoms with Crippen molar-refractivity contribution in [1.29, 1.82) is 0 Å². The molecule has 9 heteroatoms. The maximum Gasteiger partial charge on any atom is 0.266 e. The molecule has 1 fully saturated rings. The highest BCUT2D eigenvalue weighted by Crippen LogP contribution is 2.20. The first kappa shape index (κ1) is 25.6. The summed E-state index contributed by atoms with van der Waals surface area (Å²) in [5.41, 5.74) is 14.9. The smallest absolute Gasteiger partial charge is 0.266 e. The van der Waals surface area contributed by atoms with Crippen LogP contribution in [-0.4, -0.2) is 51.7 Å². The third kappa shape index (κ3) is 8.47. The van der Waals surface area contributed by atoms with E-state index in [0.717, 1.165) is 56.9 Å². The van der Waals surface area contributed by atoms with Gasteiger partial charge >= 0.3 is 0 Å². The van der Waals surface area contributed by atoms with Crippen LogP contribution in [0.2, 0.25) is 0 Å². The summed E-state index contributed by atoms with van der Waals surface area (Å²) in [5, 5.41) is 18.5. The topological polar surface area (TPSA) is 154 Å². The molecule has 0 saturated carbocycles. The normalized spacial score (nSPS) is 17.9. The summed E-state index contributed by atoms with van der Waals surface area (Å²) in [4.78, 5) is 29.5. The third-order valence-corrected chi connectivity index (χ3v) is 5.90. The minimum atomic E-state index is -0.785. The first-order chi connectivity index (χ1) is 15.4. The SMILES string of the molecule is NC(N)=NCc1ccccc1CCCCCCCCCC(=O)N1CC(O)C[C@@H]1C(=O)NO. The zero-order valence-electron chi connectivity index (χ0n) is 18.7. The molecule has 1 aliphatic heterocycles. The second-order valence-corrected chi connectivity index (χ2v) is 8.41. The van der Waals surface area contributed by atoms with Gasteiger partial charge in [-0.2, -0.15) is 0 Å². The minimum Gasteiger partial charge on any atom is -0.391 e. The van der Waals surface area contributed by atoms with Crippen LogP contribution in [0.3, 0.4) is 0 Å². The van der Waals surface area contributed by atoms with Gasteiger partial charge in [0.15, 0.2) is 5.96 Å². The van der Waals surface area contributed by atoms with Gasteiger partial charge in [-0.25, -0.2) is 10.5 Å². The number of hydrogen-bond acceptors (Lipinski definition) is 5. The Balaban J connectivity index is 1.56. The van der Waals surface area contributed by atoms with E-state index < -0.39 is 18.1 Å². The Labute approximate surface area is 189 Å². The van der Waals surface area contributed by atoms with E-state index in [1.54, 1.807) is 5.48 Å². The van der Waals surface area contributed by atoms with Crippen LogP contribution >= 0.6 is 0 Å². The molecule has 7 N–H and O–H groups in total. The molecule has 0 bridgehead atoms. The Kier molecular flexibility index (Phi) is 11.0. The summed E-state index contributed by atoms with van der Waals surface area (Å²) in [6.07, 6.45) is 8.14. The molecule has 1 heterocycles. The molecule has 2 atom stereocenters. The average Bonchev–Trinajstić information content (AvgIpc) is 3.18. The Hall–Kier alpha value is -2.65. The quantitative estimate of drug-likeness (QED) is 0.102. The van der Waals surface area contributed by atoms with Crippen LogP contribution in [-0.2, 0) is 22.6 Å². The number of nitrogens with zero attached hydrogens (tertiary/aromatic N) is 2. The highest BCUT2D eigenvalue weighted by atomic mass is 16.5. The third-order valence-electron chi connectivity index (χ3n) is 5.90. The highest BCUT2D eigenvalue weighted by molar-refractivity contribution is 5.87. The molecule has 9 nitrogen and oxygen atoms in total. The number of aliphatic imine (C=N–C) groups is 1. The van der Waals surface area contributed by atoms with Crippen molar-refractivity contribution in [2.45, 2.75) is 82.9 Å². The van der Waals surface area contributed by atoms with Gasteiger partial charge in [0.2, 0.25) is 5.91 Å². The second kappa shape index (κ2) is 13.7. The molecule has 32 heavy (non-hydrogen) atoms. The van der Waals surface area contributed by atoms with Gasteiger partial charge in [-0.15, -0.1) is 0 Å². The van der Waals surface area contributed by atoms with E-state index in [1.807, 2.05) is 12.1 Å². The summed E-state index contributed by atoms with van der Waals surface area (Å²) in [5.74, 6) is -0.682. The Morgan fingerprint density at radius 2 is 1.66 bits per heavy atom. The maximum atomic E-state index is 12.4. The fourth-order valence-corrected chi connectivity index (χ4v) is 4.16. The minimum absolute atomic E-state index is 0.106. The zero-order valence-corrected chi connectivity index (χ0v) is 18.7. The molecule has 0 aromatic heterocycles. The van der Waals surface area contributed by atoms with Crippen LogP contribution in [0, 0.1) is 0 Å².